The molecular formula is C27H18BrF4NO2. The standard InChI is InChI=1S/C27H18BrF4NO2/c1-16-20(13-10-17-6-3-2-4-7-17)26(35-15-18-11-12-19(29)14-23(18)32)24(28)27(34)33(16)25-21(30)8-5-9-22(25)31/h2-14H,15H2,1H3/b13-10+. The van der Waals surface area contributed by atoms with Gasteiger partial charge in [-0.15, -0.1) is 0 Å². The van der Waals surface area contributed by atoms with Crippen molar-refractivity contribution in [3.8, 4) is 11.4 Å². The number of para-hydroxylation sites is 1. The first-order valence-corrected chi connectivity index (χ1v) is 11.3. The molecule has 8 heteroatoms. The van der Waals surface area contributed by atoms with E-state index >= 15 is 0 Å². The highest BCUT2D eigenvalue weighted by Crippen LogP contribution is 2.33. The van der Waals surface area contributed by atoms with Crippen LogP contribution in [0.25, 0.3) is 17.8 Å². The highest BCUT2D eigenvalue weighted by molar-refractivity contribution is 9.10. The summed E-state index contributed by atoms with van der Waals surface area (Å²) in [6.45, 7) is 1.21. The average Bonchev–Trinajstić information content (AvgIpc) is 2.83. The van der Waals surface area contributed by atoms with Crippen LogP contribution < -0.4 is 10.3 Å². The van der Waals surface area contributed by atoms with Gasteiger partial charge in [0, 0.05) is 22.9 Å². The zero-order valence-corrected chi connectivity index (χ0v) is 20.0. The molecule has 178 valence electrons. The number of rotatable bonds is 6. The normalized spacial score (nSPS) is 11.3. The predicted molar refractivity (Wildman–Crippen MR) is 130 cm³/mol. The van der Waals surface area contributed by atoms with Gasteiger partial charge in [0.15, 0.2) is 0 Å². The van der Waals surface area contributed by atoms with Crippen molar-refractivity contribution in [2.75, 3.05) is 0 Å². The van der Waals surface area contributed by atoms with E-state index < -0.39 is 34.5 Å². The first-order chi connectivity index (χ1) is 16.8. The lowest BCUT2D eigenvalue weighted by Gasteiger charge is -2.19. The molecule has 4 aromatic rings. The van der Waals surface area contributed by atoms with Crippen molar-refractivity contribution < 1.29 is 22.3 Å². The molecule has 0 spiro atoms. The zero-order chi connectivity index (χ0) is 25.1. The van der Waals surface area contributed by atoms with E-state index in [-0.39, 0.29) is 28.1 Å². The van der Waals surface area contributed by atoms with Crippen LogP contribution in [0.5, 0.6) is 5.75 Å². The number of nitrogens with zero attached hydrogens (tertiary/aromatic N) is 1. The second-order valence-electron chi connectivity index (χ2n) is 7.62. The molecule has 0 radical (unpaired) electrons. The van der Waals surface area contributed by atoms with Gasteiger partial charge in [-0.3, -0.25) is 9.36 Å². The van der Waals surface area contributed by atoms with E-state index in [0.29, 0.717) is 5.56 Å². The van der Waals surface area contributed by atoms with Crippen LogP contribution in [0.1, 0.15) is 22.4 Å². The Kier molecular flexibility index (Phi) is 7.21. The molecule has 1 heterocycles. The number of pyridine rings is 1. The maximum atomic E-state index is 14.6. The molecule has 0 N–H and O–H groups in total. The Morgan fingerprint density at radius 1 is 0.886 bits per heavy atom. The van der Waals surface area contributed by atoms with Gasteiger partial charge in [-0.1, -0.05) is 42.5 Å². The van der Waals surface area contributed by atoms with Gasteiger partial charge < -0.3 is 4.74 Å². The highest BCUT2D eigenvalue weighted by atomic mass is 79.9. The number of hydrogen-bond donors (Lipinski definition) is 0. The van der Waals surface area contributed by atoms with Gasteiger partial charge in [0.05, 0.1) is 0 Å². The second kappa shape index (κ2) is 10.3. The van der Waals surface area contributed by atoms with E-state index in [2.05, 4.69) is 15.9 Å². The Morgan fingerprint density at radius 3 is 2.23 bits per heavy atom. The molecule has 0 fully saturated rings. The van der Waals surface area contributed by atoms with Gasteiger partial charge in [0.1, 0.15) is 45.8 Å². The summed E-state index contributed by atoms with van der Waals surface area (Å²) >= 11 is 3.20. The fraction of sp³-hybridized carbons (Fsp3) is 0.0741. The number of ether oxygens (including phenoxy) is 1. The van der Waals surface area contributed by atoms with Gasteiger partial charge in [0.2, 0.25) is 0 Å². The molecule has 0 bridgehead atoms. The lowest BCUT2D eigenvalue weighted by atomic mass is 10.1. The number of benzene rings is 3. The molecule has 1 aromatic heterocycles. The third kappa shape index (κ3) is 5.07. The Labute approximate surface area is 207 Å². The van der Waals surface area contributed by atoms with Crippen LogP contribution in [-0.2, 0) is 6.61 Å². The topological polar surface area (TPSA) is 31.2 Å². The van der Waals surface area contributed by atoms with E-state index in [1.807, 2.05) is 30.3 Å². The summed E-state index contributed by atoms with van der Waals surface area (Å²) in [6.07, 6.45) is 3.38. The van der Waals surface area contributed by atoms with Crippen LogP contribution >= 0.6 is 15.9 Å². The first-order valence-electron chi connectivity index (χ1n) is 10.5. The summed E-state index contributed by atoms with van der Waals surface area (Å²) in [4.78, 5) is 13.2. The molecule has 3 nitrogen and oxygen atoms in total. The summed E-state index contributed by atoms with van der Waals surface area (Å²) < 4.78 is 63.3. The van der Waals surface area contributed by atoms with Gasteiger partial charge in [-0.2, -0.15) is 0 Å². The van der Waals surface area contributed by atoms with E-state index in [9.17, 15) is 22.4 Å². The minimum Gasteiger partial charge on any atom is -0.487 e. The van der Waals surface area contributed by atoms with E-state index in [0.717, 1.165) is 34.4 Å². The fourth-order valence-electron chi connectivity index (χ4n) is 3.59. The lowest BCUT2D eigenvalue weighted by molar-refractivity contribution is 0.295. The van der Waals surface area contributed by atoms with E-state index in [1.54, 1.807) is 12.2 Å². The molecular weight excluding hydrogens is 526 g/mol. The maximum Gasteiger partial charge on any atom is 0.273 e. The van der Waals surface area contributed by atoms with Crippen molar-refractivity contribution in [2.24, 2.45) is 0 Å². The molecule has 3 aromatic carbocycles. The summed E-state index contributed by atoms with van der Waals surface area (Å²) in [5, 5.41) is 0. The van der Waals surface area contributed by atoms with Gasteiger partial charge in [-0.05, 0) is 58.8 Å². The average molecular weight is 544 g/mol. The van der Waals surface area contributed by atoms with Crippen molar-refractivity contribution >= 4 is 28.1 Å². The third-order valence-electron chi connectivity index (χ3n) is 5.35. The Hall–Kier alpha value is -3.65. The zero-order valence-electron chi connectivity index (χ0n) is 18.4. The number of aromatic nitrogens is 1. The Morgan fingerprint density at radius 2 is 1.57 bits per heavy atom. The summed E-state index contributed by atoms with van der Waals surface area (Å²) in [5.74, 6) is -3.31. The largest absolute Gasteiger partial charge is 0.487 e. The van der Waals surface area contributed by atoms with Crippen LogP contribution in [0.3, 0.4) is 0 Å². The van der Waals surface area contributed by atoms with Crippen LogP contribution in [0.15, 0.2) is 76.0 Å². The molecule has 0 saturated heterocycles. The molecule has 0 aliphatic heterocycles. The highest BCUT2D eigenvalue weighted by Gasteiger charge is 2.23. The Bertz CT molecular complexity index is 1460. The molecule has 0 aliphatic rings. The van der Waals surface area contributed by atoms with Crippen molar-refractivity contribution in [2.45, 2.75) is 13.5 Å². The van der Waals surface area contributed by atoms with Crippen LogP contribution in [0.4, 0.5) is 17.6 Å². The van der Waals surface area contributed by atoms with Gasteiger partial charge in [-0.25, -0.2) is 17.6 Å². The lowest BCUT2D eigenvalue weighted by Crippen LogP contribution is -2.25. The Balaban J connectivity index is 1.89. The van der Waals surface area contributed by atoms with Crippen LogP contribution in [0, 0.1) is 30.2 Å². The predicted octanol–water partition coefficient (Wildman–Crippen LogP) is 7.21. The van der Waals surface area contributed by atoms with Crippen molar-refractivity contribution in [1.82, 2.24) is 4.57 Å². The van der Waals surface area contributed by atoms with E-state index in [4.69, 9.17) is 4.74 Å². The molecule has 0 atom stereocenters. The van der Waals surface area contributed by atoms with Crippen LogP contribution in [-0.4, -0.2) is 4.57 Å². The summed E-state index contributed by atoms with van der Waals surface area (Å²) in [7, 11) is 0. The molecule has 35 heavy (non-hydrogen) atoms. The van der Waals surface area contributed by atoms with Crippen molar-refractivity contribution in [1.29, 1.82) is 0 Å². The van der Waals surface area contributed by atoms with Gasteiger partial charge in [0.25, 0.3) is 5.56 Å². The maximum absolute atomic E-state index is 14.6. The molecule has 0 amide bonds. The smallest absolute Gasteiger partial charge is 0.273 e. The third-order valence-corrected chi connectivity index (χ3v) is 6.05. The molecule has 0 saturated carbocycles. The SMILES string of the molecule is Cc1c(/C=C/c2ccccc2)c(OCc2ccc(F)cc2F)c(Br)c(=O)n1-c1c(F)cccc1F. The molecule has 0 unspecified atom stereocenters. The number of hydrogen-bond acceptors (Lipinski definition) is 2. The van der Waals surface area contributed by atoms with Crippen molar-refractivity contribution in [3.63, 3.8) is 0 Å². The van der Waals surface area contributed by atoms with Gasteiger partial charge >= 0.3 is 0 Å². The monoisotopic (exact) mass is 543 g/mol. The van der Waals surface area contributed by atoms with E-state index in [1.165, 1.54) is 19.1 Å². The minimum absolute atomic E-state index is 0.0522. The number of halogens is 5. The fourth-order valence-corrected chi connectivity index (χ4v) is 4.10. The first kappa shape index (κ1) is 24.5. The molecule has 0 aliphatic carbocycles. The summed E-state index contributed by atoms with van der Waals surface area (Å²) in [6, 6.07) is 15.6. The van der Waals surface area contributed by atoms with Crippen molar-refractivity contribution in [3.05, 3.63) is 127 Å². The molecule has 4 rings (SSSR count). The van der Waals surface area contributed by atoms with Crippen LogP contribution in [0.2, 0.25) is 0 Å². The summed E-state index contributed by atoms with van der Waals surface area (Å²) in [5.41, 5.74) is 0.139. The minimum atomic E-state index is -0.915. The quantitative estimate of drug-likeness (QED) is 0.240. The second-order valence-corrected chi connectivity index (χ2v) is 8.41.